The molecule has 2 rings (SSSR count). The van der Waals surface area contributed by atoms with E-state index in [0.717, 1.165) is 0 Å². The van der Waals surface area contributed by atoms with E-state index in [1.807, 2.05) is 6.07 Å². The second-order valence-electron chi connectivity index (χ2n) is 4.45. The molecule has 0 aliphatic rings. The molecule has 0 aliphatic carbocycles. The number of halogens is 1. The average Bonchev–Trinajstić information content (AvgIpc) is 2.42. The molecular weight excluding hydrogens is 293 g/mol. The van der Waals surface area contributed by atoms with E-state index in [4.69, 9.17) is 11.0 Å². The Balaban J connectivity index is 2.44. The number of aryl methyl sites for hydroxylation is 1. The predicted octanol–water partition coefficient (Wildman–Crippen LogP) is 2.39. The highest BCUT2D eigenvalue weighted by Gasteiger charge is 2.19. The van der Waals surface area contributed by atoms with E-state index in [2.05, 4.69) is 4.72 Å². The summed E-state index contributed by atoms with van der Waals surface area (Å²) >= 11 is 0. The van der Waals surface area contributed by atoms with E-state index in [0.29, 0.717) is 5.56 Å². The molecule has 0 fully saturated rings. The maximum atomic E-state index is 13.6. The quantitative estimate of drug-likeness (QED) is 0.851. The fourth-order valence-electron chi connectivity index (χ4n) is 1.78. The van der Waals surface area contributed by atoms with Crippen molar-refractivity contribution < 1.29 is 12.8 Å². The fraction of sp³-hybridized carbons (Fsp3) is 0.0714. The Morgan fingerprint density at radius 3 is 2.57 bits per heavy atom. The van der Waals surface area contributed by atoms with Crippen LogP contribution in [0.1, 0.15) is 11.1 Å². The van der Waals surface area contributed by atoms with Gasteiger partial charge >= 0.3 is 0 Å². The fourth-order valence-corrected chi connectivity index (χ4v) is 2.95. The second-order valence-corrected chi connectivity index (χ2v) is 6.10. The van der Waals surface area contributed by atoms with Crippen molar-refractivity contribution in [2.45, 2.75) is 11.8 Å². The minimum Gasteiger partial charge on any atom is -0.398 e. The third-order valence-corrected chi connectivity index (χ3v) is 4.23. The van der Waals surface area contributed by atoms with Crippen LogP contribution in [0.2, 0.25) is 0 Å². The average molecular weight is 305 g/mol. The first-order chi connectivity index (χ1) is 9.83. The van der Waals surface area contributed by atoms with Crippen LogP contribution >= 0.6 is 0 Å². The number of sulfonamides is 1. The van der Waals surface area contributed by atoms with Crippen molar-refractivity contribution in [1.29, 1.82) is 5.26 Å². The molecule has 0 aromatic heterocycles. The topological polar surface area (TPSA) is 96.0 Å². The predicted molar refractivity (Wildman–Crippen MR) is 77.5 cm³/mol. The maximum Gasteiger partial charge on any atom is 0.264 e. The molecule has 0 radical (unpaired) electrons. The number of rotatable bonds is 3. The molecule has 0 bridgehead atoms. The van der Waals surface area contributed by atoms with Crippen molar-refractivity contribution in [3.63, 3.8) is 0 Å². The number of hydrogen-bond donors (Lipinski definition) is 2. The van der Waals surface area contributed by atoms with Crippen molar-refractivity contribution in [2.24, 2.45) is 0 Å². The van der Waals surface area contributed by atoms with Crippen LogP contribution < -0.4 is 10.5 Å². The van der Waals surface area contributed by atoms with Gasteiger partial charge in [0.15, 0.2) is 0 Å². The van der Waals surface area contributed by atoms with Gasteiger partial charge < -0.3 is 5.73 Å². The Bertz CT molecular complexity index is 842. The highest BCUT2D eigenvalue weighted by atomic mass is 32.2. The van der Waals surface area contributed by atoms with Crippen molar-refractivity contribution >= 4 is 21.4 Å². The van der Waals surface area contributed by atoms with E-state index < -0.39 is 15.8 Å². The molecule has 0 saturated heterocycles. The highest BCUT2D eigenvalue weighted by molar-refractivity contribution is 7.92. The summed E-state index contributed by atoms with van der Waals surface area (Å²) in [6.07, 6.45) is 0. The first-order valence-corrected chi connectivity index (χ1v) is 7.40. The molecule has 0 unspecified atom stereocenters. The summed E-state index contributed by atoms with van der Waals surface area (Å²) in [4.78, 5) is -0.206. The number of anilines is 2. The molecule has 0 amide bonds. The van der Waals surface area contributed by atoms with Gasteiger partial charge in [0.05, 0.1) is 23.0 Å². The third-order valence-electron chi connectivity index (χ3n) is 2.79. The van der Waals surface area contributed by atoms with Crippen molar-refractivity contribution in [2.75, 3.05) is 10.5 Å². The van der Waals surface area contributed by atoms with Gasteiger partial charge in [-0.3, -0.25) is 4.72 Å². The molecular formula is C14H12FN3O2S. The maximum absolute atomic E-state index is 13.6. The molecule has 2 aromatic rings. The Labute approximate surface area is 121 Å². The summed E-state index contributed by atoms with van der Waals surface area (Å²) in [5.41, 5.74) is 6.37. The number of nitrogens with one attached hydrogen (secondary N) is 1. The molecule has 2 aromatic carbocycles. The van der Waals surface area contributed by atoms with Gasteiger partial charge in [-0.25, -0.2) is 12.8 Å². The Kier molecular flexibility index (Phi) is 3.82. The van der Waals surface area contributed by atoms with Crippen molar-refractivity contribution in [1.82, 2.24) is 0 Å². The van der Waals surface area contributed by atoms with Crippen LogP contribution in [0, 0.1) is 24.1 Å². The molecule has 3 N–H and O–H groups in total. The monoisotopic (exact) mass is 305 g/mol. The van der Waals surface area contributed by atoms with Crippen LogP contribution in [0.15, 0.2) is 41.3 Å². The molecule has 0 heterocycles. The van der Waals surface area contributed by atoms with Gasteiger partial charge in [-0.15, -0.1) is 0 Å². The minimum absolute atomic E-state index is 0.0744. The zero-order chi connectivity index (χ0) is 15.6. The molecule has 5 nitrogen and oxygen atoms in total. The summed E-state index contributed by atoms with van der Waals surface area (Å²) in [7, 11) is -4.03. The standard InChI is InChI=1S/C14H12FN3O2S/c1-9-2-4-11(15)13(6-9)18-21(19,20)14-5-3-10(8-16)7-12(14)17/h2-7,18H,17H2,1H3. The zero-order valence-corrected chi connectivity index (χ0v) is 11.9. The van der Waals surface area contributed by atoms with E-state index in [1.165, 1.54) is 36.4 Å². The zero-order valence-electron chi connectivity index (χ0n) is 11.1. The van der Waals surface area contributed by atoms with Crippen molar-refractivity contribution in [3.8, 4) is 6.07 Å². The first kappa shape index (κ1) is 14.8. The van der Waals surface area contributed by atoms with E-state index in [1.54, 1.807) is 6.92 Å². The number of hydrogen-bond acceptors (Lipinski definition) is 4. The van der Waals surface area contributed by atoms with Crippen LogP contribution in [-0.4, -0.2) is 8.42 Å². The van der Waals surface area contributed by atoms with Gasteiger partial charge in [0.1, 0.15) is 10.7 Å². The summed E-state index contributed by atoms with van der Waals surface area (Å²) in [6.45, 7) is 1.72. The SMILES string of the molecule is Cc1ccc(F)c(NS(=O)(=O)c2ccc(C#N)cc2N)c1. The van der Waals surface area contributed by atoms with E-state index in [9.17, 15) is 12.8 Å². The summed E-state index contributed by atoms with van der Waals surface area (Å²) in [6, 6.07) is 9.74. The van der Waals surface area contributed by atoms with Crippen LogP contribution in [0.25, 0.3) is 0 Å². The molecule has 7 heteroatoms. The third kappa shape index (κ3) is 3.12. The van der Waals surface area contributed by atoms with Crippen LogP contribution in [0.4, 0.5) is 15.8 Å². The summed E-state index contributed by atoms with van der Waals surface area (Å²) in [5, 5.41) is 8.74. The van der Waals surface area contributed by atoms with Crippen molar-refractivity contribution in [3.05, 3.63) is 53.3 Å². The number of nitrogens with zero attached hydrogens (tertiary/aromatic N) is 1. The van der Waals surface area contributed by atoms with Gasteiger partial charge in [0.2, 0.25) is 0 Å². The Hall–Kier alpha value is -2.59. The smallest absolute Gasteiger partial charge is 0.264 e. The molecule has 0 atom stereocenters. The largest absolute Gasteiger partial charge is 0.398 e. The lowest BCUT2D eigenvalue weighted by molar-refractivity contribution is 0.599. The van der Waals surface area contributed by atoms with E-state index in [-0.39, 0.29) is 21.8 Å². The lowest BCUT2D eigenvalue weighted by Gasteiger charge is -2.11. The number of nitriles is 1. The molecule has 0 spiro atoms. The molecule has 0 saturated carbocycles. The van der Waals surface area contributed by atoms with Gasteiger partial charge in [0, 0.05) is 0 Å². The number of benzene rings is 2. The van der Waals surface area contributed by atoms with Crippen LogP contribution in [0.3, 0.4) is 0 Å². The Morgan fingerprint density at radius 1 is 1.24 bits per heavy atom. The molecule has 108 valence electrons. The van der Waals surface area contributed by atoms with Gasteiger partial charge in [-0.1, -0.05) is 6.07 Å². The summed E-state index contributed by atoms with van der Waals surface area (Å²) in [5.74, 6) is -0.684. The second kappa shape index (κ2) is 5.42. The van der Waals surface area contributed by atoms with Crippen LogP contribution in [-0.2, 0) is 10.0 Å². The minimum atomic E-state index is -4.03. The Morgan fingerprint density at radius 2 is 1.95 bits per heavy atom. The summed E-state index contributed by atoms with van der Waals surface area (Å²) < 4.78 is 40.3. The van der Waals surface area contributed by atoms with Gasteiger partial charge in [-0.05, 0) is 42.8 Å². The molecule has 0 aliphatic heterocycles. The lowest BCUT2D eigenvalue weighted by Crippen LogP contribution is -2.16. The number of nitrogen functional groups attached to an aromatic ring is 1. The van der Waals surface area contributed by atoms with Gasteiger partial charge in [-0.2, -0.15) is 5.26 Å². The first-order valence-electron chi connectivity index (χ1n) is 5.92. The van der Waals surface area contributed by atoms with Crippen LogP contribution in [0.5, 0.6) is 0 Å². The van der Waals surface area contributed by atoms with Gasteiger partial charge in [0.25, 0.3) is 10.0 Å². The lowest BCUT2D eigenvalue weighted by atomic mass is 10.2. The number of nitrogens with two attached hydrogens (primary N) is 1. The highest BCUT2D eigenvalue weighted by Crippen LogP contribution is 2.24. The normalized spacial score (nSPS) is 10.9. The van der Waals surface area contributed by atoms with E-state index >= 15 is 0 Å². The molecule has 21 heavy (non-hydrogen) atoms.